The Morgan fingerprint density at radius 3 is 2.55 bits per heavy atom. The van der Waals surface area contributed by atoms with Crippen molar-refractivity contribution in [3.05, 3.63) is 76.1 Å². The van der Waals surface area contributed by atoms with Crippen LogP contribution in [0.15, 0.2) is 57.9 Å². The largest absolute Gasteiger partial charge is 0.462 e. The normalized spacial score (nSPS) is 12.0. The van der Waals surface area contributed by atoms with Gasteiger partial charge in [-0.15, -0.1) is 0 Å². The Bertz CT molecular complexity index is 1370. The molecule has 0 fully saturated rings. The monoisotopic (exact) mass is 442 g/mol. The lowest BCUT2D eigenvalue weighted by molar-refractivity contribution is 0.0527. The Labute approximate surface area is 194 Å². The summed E-state index contributed by atoms with van der Waals surface area (Å²) < 4.78 is 11.8. The van der Waals surface area contributed by atoms with Crippen molar-refractivity contribution in [2.24, 2.45) is 4.99 Å². The van der Waals surface area contributed by atoms with Crippen LogP contribution in [0, 0.1) is 13.8 Å². The van der Waals surface area contributed by atoms with Crippen molar-refractivity contribution in [3.8, 4) is 22.5 Å². The maximum atomic E-state index is 12.9. The summed E-state index contributed by atoms with van der Waals surface area (Å²) in [5.41, 5.74) is 7.48. The molecule has 1 N–H and O–H groups in total. The van der Waals surface area contributed by atoms with Crippen LogP contribution in [0.5, 0.6) is 0 Å². The Hall–Kier alpha value is -3.44. The molecule has 5 nitrogen and oxygen atoms in total. The first-order chi connectivity index (χ1) is 16.0. The van der Waals surface area contributed by atoms with E-state index in [9.17, 15) is 4.79 Å². The molecule has 0 aromatic heterocycles. The van der Waals surface area contributed by atoms with Gasteiger partial charge >= 0.3 is 5.97 Å². The van der Waals surface area contributed by atoms with Gasteiger partial charge in [0.1, 0.15) is 11.3 Å². The lowest BCUT2D eigenvalue weighted by Crippen LogP contribution is -2.10. The van der Waals surface area contributed by atoms with Gasteiger partial charge in [0.05, 0.1) is 17.5 Å². The number of rotatable bonds is 6. The van der Waals surface area contributed by atoms with Gasteiger partial charge in [0.2, 0.25) is 0 Å². The minimum Gasteiger partial charge on any atom is -0.462 e. The molecule has 2 aromatic carbocycles. The van der Waals surface area contributed by atoms with E-state index in [1.54, 1.807) is 0 Å². The van der Waals surface area contributed by atoms with E-state index < -0.39 is 0 Å². The highest BCUT2D eigenvalue weighted by Crippen LogP contribution is 2.42. The summed E-state index contributed by atoms with van der Waals surface area (Å²) in [6.07, 6.45) is 0. The molecule has 33 heavy (non-hydrogen) atoms. The zero-order chi connectivity index (χ0) is 23.5. The number of fused-ring (bicyclic) bond motifs is 2. The Balaban J connectivity index is 2.15. The zero-order valence-corrected chi connectivity index (χ0v) is 19.9. The fraction of sp³-hybridized carbons (Fsp3) is 0.286. The van der Waals surface area contributed by atoms with Gasteiger partial charge in [0.25, 0.3) is 0 Å². The van der Waals surface area contributed by atoms with Crippen molar-refractivity contribution in [3.63, 3.8) is 0 Å². The summed E-state index contributed by atoms with van der Waals surface area (Å²) in [5.74, 6) is 0.418. The highest BCUT2D eigenvalue weighted by atomic mass is 16.5. The molecule has 0 radical (unpaired) electrons. The minimum absolute atomic E-state index is 0.326. The molecule has 170 valence electrons. The molecule has 0 unspecified atom stereocenters. The molecule has 0 bridgehead atoms. The maximum Gasteiger partial charge on any atom is 0.338 e. The van der Waals surface area contributed by atoms with Gasteiger partial charge in [0, 0.05) is 35.7 Å². The molecule has 2 aromatic rings. The van der Waals surface area contributed by atoms with Gasteiger partial charge in [-0.05, 0) is 81.3 Å². The highest BCUT2D eigenvalue weighted by molar-refractivity contribution is 6.08. The van der Waals surface area contributed by atoms with Gasteiger partial charge in [-0.2, -0.15) is 0 Å². The minimum atomic E-state index is -0.326. The molecular formula is C28H30N2O3. The van der Waals surface area contributed by atoms with Crippen LogP contribution >= 0.6 is 0 Å². The molecule has 1 heterocycles. The Morgan fingerprint density at radius 2 is 1.82 bits per heavy atom. The predicted molar refractivity (Wildman–Crippen MR) is 133 cm³/mol. The molecule has 2 aliphatic rings. The molecule has 5 heteroatoms. The SMILES string of the molecule is CC/N=c1\cc2oc3cc(CNC)c(C)cc3c(-c3ccccc3C(=O)OCC)c-2cc1C. The van der Waals surface area contributed by atoms with Crippen LogP contribution in [0.1, 0.15) is 40.9 Å². The molecule has 0 amide bonds. The number of carbonyl (C=O) groups is 1. The van der Waals surface area contributed by atoms with E-state index in [0.29, 0.717) is 18.7 Å². The zero-order valence-electron chi connectivity index (χ0n) is 19.9. The van der Waals surface area contributed by atoms with E-state index in [0.717, 1.165) is 56.4 Å². The molecule has 0 spiro atoms. The number of esters is 1. The third-order valence-corrected chi connectivity index (χ3v) is 5.88. The lowest BCUT2D eigenvalue weighted by atomic mass is 9.89. The van der Waals surface area contributed by atoms with E-state index in [4.69, 9.17) is 9.15 Å². The van der Waals surface area contributed by atoms with Crippen molar-refractivity contribution in [2.45, 2.75) is 34.2 Å². The summed E-state index contributed by atoms with van der Waals surface area (Å²) in [6.45, 7) is 9.77. The molecule has 0 saturated heterocycles. The molecule has 4 rings (SSSR count). The van der Waals surface area contributed by atoms with Crippen LogP contribution in [0.25, 0.3) is 33.4 Å². The van der Waals surface area contributed by atoms with Gasteiger partial charge in [-0.25, -0.2) is 4.79 Å². The molecule has 0 atom stereocenters. The fourth-order valence-corrected chi connectivity index (χ4v) is 4.33. The molecule has 1 aliphatic carbocycles. The maximum absolute atomic E-state index is 12.9. The highest BCUT2D eigenvalue weighted by Gasteiger charge is 2.23. The van der Waals surface area contributed by atoms with Crippen molar-refractivity contribution in [1.29, 1.82) is 0 Å². The number of aryl methyl sites for hydroxylation is 2. The summed E-state index contributed by atoms with van der Waals surface area (Å²) in [5, 5.41) is 5.11. The third-order valence-electron chi connectivity index (χ3n) is 5.88. The van der Waals surface area contributed by atoms with Crippen LogP contribution in [0.4, 0.5) is 0 Å². The molecular weight excluding hydrogens is 412 g/mol. The number of nitrogens with zero attached hydrogens (tertiary/aromatic N) is 1. The quantitative estimate of drug-likeness (QED) is 0.310. The first-order valence-corrected chi connectivity index (χ1v) is 11.4. The summed E-state index contributed by atoms with van der Waals surface area (Å²) >= 11 is 0. The van der Waals surface area contributed by atoms with Gasteiger partial charge in [-0.3, -0.25) is 4.99 Å². The van der Waals surface area contributed by atoms with Crippen LogP contribution in [-0.4, -0.2) is 26.2 Å². The van der Waals surface area contributed by atoms with Crippen LogP contribution in [-0.2, 0) is 11.3 Å². The second-order valence-electron chi connectivity index (χ2n) is 8.16. The topological polar surface area (TPSA) is 63.8 Å². The summed E-state index contributed by atoms with van der Waals surface area (Å²) in [6, 6.07) is 16.0. The summed E-state index contributed by atoms with van der Waals surface area (Å²) in [7, 11) is 1.93. The van der Waals surface area contributed by atoms with Crippen molar-refractivity contribution in [2.75, 3.05) is 20.2 Å². The van der Waals surface area contributed by atoms with Gasteiger partial charge in [0.15, 0.2) is 0 Å². The van der Waals surface area contributed by atoms with Crippen molar-refractivity contribution < 1.29 is 13.9 Å². The standard InChI is InChI=1S/C28H30N2O3/c1-6-30-24-15-26-23(13-18(24)4)27(20-10-8-9-11-21(20)28(31)32-7-2)22-12-17(3)19(16-29-5)14-25(22)33-26/h8-15,29H,6-7,16H2,1-5H3/b30-24+. The van der Waals surface area contributed by atoms with Gasteiger partial charge in [-0.1, -0.05) is 18.2 Å². The second kappa shape index (κ2) is 9.59. The third kappa shape index (κ3) is 4.29. The smallest absolute Gasteiger partial charge is 0.338 e. The lowest BCUT2D eigenvalue weighted by Gasteiger charge is -2.19. The average Bonchev–Trinajstić information content (AvgIpc) is 2.80. The average molecular weight is 443 g/mol. The first kappa shape index (κ1) is 22.7. The second-order valence-corrected chi connectivity index (χ2v) is 8.16. The number of carbonyl (C=O) groups excluding carboxylic acids is 1. The van der Waals surface area contributed by atoms with Crippen molar-refractivity contribution >= 4 is 16.9 Å². The van der Waals surface area contributed by atoms with Crippen LogP contribution in [0.3, 0.4) is 0 Å². The number of ether oxygens (including phenoxy) is 1. The Morgan fingerprint density at radius 1 is 1.03 bits per heavy atom. The number of nitrogens with one attached hydrogen (secondary N) is 1. The number of benzene rings is 3. The number of hydrogen-bond acceptors (Lipinski definition) is 5. The number of hydrogen-bond donors (Lipinski definition) is 1. The van der Waals surface area contributed by atoms with Crippen LogP contribution in [0.2, 0.25) is 0 Å². The van der Waals surface area contributed by atoms with E-state index >= 15 is 0 Å². The molecule has 0 saturated carbocycles. The van der Waals surface area contributed by atoms with E-state index in [1.807, 2.05) is 51.2 Å². The fourth-order valence-electron chi connectivity index (χ4n) is 4.33. The van der Waals surface area contributed by atoms with Crippen molar-refractivity contribution in [1.82, 2.24) is 5.32 Å². The Kier molecular flexibility index (Phi) is 6.61. The van der Waals surface area contributed by atoms with E-state index in [2.05, 4.69) is 42.4 Å². The first-order valence-electron chi connectivity index (χ1n) is 11.4. The molecule has 1 aliphatic heterocycles. The predicted octanol–water partition coefficient (Wildman–Crippen LogP) is 5.64. The van der Waals surface area contributed by atoms with Gasteiger partial charge < -0.3 is 14.5 Å². The van der Waals surface area contributed by atoms with Crippen LogP contribution < -0.4 is 10.7 Å². The van der Waals surface area contributed by atoms with E-state index in [-0.39, 0.29) is 5.97 Å². The van der Waals surface area contributed by atoms with E-state index in [1.165, 1.54) is 5.56 Å². The summed E-state index contributed by atoms with van der Waals surface area (Å²) in [4.78, 5) is 17.5.